The van der Waals surface area contributed by atoms with Gasteiger partial charge in [0.25, 0.3) is 5.91 Å². The lowest BCUT2D eigenvalue weighted by Gasteiger charge is -2.32. The molecule has 5 nitrogen and oxygen atoms in total. The Labute approximate surface area is 162 Å². The number of thiazole rings is 1. The van der Waals surface area contributed by atoms with Gasteiger partial charge in [0.15, 0.2) is 0 Å². The van der Waals surface area contributed by atoms with Crippen LogP contribution >= 0.6 is 11.3 Å². The van der Waals surface area contributed by atoms with E-state index in [4.69, 9.17) is 0 Å². The van der Waals surface area contributed by atoms with Gasteiger partial charge in [0, 0.05) is 35.9 Å². The minimum absolute atomic E-state index is 0.00841. The van der Waals surface area contributed by atoms with Gasteiger partial charge in [0.1, 0.15) is 5.82 Å². The molecule has 2 heterocycles. The number of aromatic nitrogens is 1. The zero-order chi connectivity index (χ0) is 19.4. The van der Waals surface area contributed by atoms with Crippen molar-refractivity contribution in [3.8, 4) is 0 Å². The van der Waals surface area contributed by atoms with E-state index in [2.05, 4.69) is 10.3 Å². The van der Waals surface area contributed by atoms with Crippen LogP contribution in [-0.4, -0.2) is 34.8 Å². The first-order valence-corrected chi connectivity index (χ1v) is 10.1. The Hall–Kier alpha value is -2.28. The molecule has 2 amide bonds. The molecule has 144 valence electrons. The number of piperidine rings is 1. The number of carbonyl (C=O) groups is 2. The number of halogens is 1. The molecular formula is C20H24FN3O2S. The molecule has 27 heavy (non-hydrogen) atoms. The molecular weight excluding hydrogens is 365 g/mol. The van der Waals surface area contributed by atoms with Crippen molar-refractivity contribution in [2.75, 3.05) is 13.1 Å². The van der Waals surface area contributed by atoms with Gasteiger partial charge in [-0.3, -0.25) is 9.59 Å². The molecule has 1 aromatic carbocycles. The van der Waals surface area contributed by atoms with Crippen molar-refractivity contribution in [2.45, 2.75) is 39.2 Å². The fraction of sp³-hybridized carbons (Fsp3) is 0.450. The van der Waals surface area contributed by atoms with Gasteiger partial charge in [-0.05, 0) is 31.0 Å². The molecule has 3 rings (SSSR count). The van der Waals surface area contributed by atoms with Crippen LogP contribution in [0.1, 0.15) is 53.7 Å². The van der Waals surface area contributed by atoms with Crippen molar-refractivity contribution >= 4 is 23.2 Å². The molecule has 0 radical (unpaired) electrons. The molecule has 0 unspecified atom stereocenters. The number of amides is 2. The standard InChI is InChI=1S/C20H24FN3O2S/c1-13(2)18(25)22-10-17-12-27-19(23-17)15-6-4-8-24(11-15)20(26)14-5-3-7-16(21)9-14/h3,5,7,9,12-13,15H,4,6,8,10-11H2,1-2H3,(H,22,25)/t15-/m0/s1. The van der Waals surface area contributed by atoms with Crippen LogP contribution < -0.4 is 5.32 Å². The number of carbonyl (C=O) groups excluding carboxylic acids is 2. The second-order valence-corrected chi connectivity index (χ2v) is 8.04. The van der Waals surface area contributed by atoms with Crippen LogP contribution in [0.3, 0.4) is 0 Å². The highest BCUT2D eigenvalue weighted by Crippen LogP contribution is 2.30. The summed E-state index contributed by atoms with van der Waals surface area (Å²) in [6.07, 6.45) is 1.86. The average Bonchev–Trinajstić information content (AvgIpc) is 3.14. The van der Waals surface area contributed by atoms with Crippen molar-refractivity contribution < 1.29 is 14.0 Å². The fourth-order valence-electron chi connectivity index (χ4n) is 3.14. The Kier molecular flexibility index (Phi) is 6.21. The predicted molar refractivity (Wildman–Crippen MR) is 103 cm³/mol. The summed E-state index contributed by atoms with van der Waals surface area (Å²) >= 11 is 1.57. The number of likely N-dealkylation sites (tertiary alicyclic amines) is 1. The third kappa shape index (κ3) is 4.91. The third-order valence-electron chi connectivity index (χ3n) is 4.67. The molecule has 0 bridgehead atoms. The number of rotatable bonds is 5. The summed E-state index contributed by atoms with van der Waals surface area (Å²) in [4.78, 5) is 30.8. The topological polar surface area (TPSA) is 62.3 Å². The second-order valence-electron chi connectivity index (χ2n) is 7.15. The van der Waals surface area contributed by atoms with Crippen LogP contribution in [0.5, 0.6) is 0 Å². The van der Waals surface area contributed by atoms with Gasteiger partial charge in [0.05, 0.1) is 17.2 Å². The van der Waals surface area contributed by atoms with Crippen LogP contribution in [0, 0.1) is 11.7 Å². The van der Waals surface area contributed by atoms with E-state index >= 15 is 0 Å². The predicted octanol–water partition coefficient (Wildman–Crippen LogP) is 3.57. The Morgan fingerprint density at radius 2 is 2.22 bits per heavy atom. The molecule has 1 aliphatic rings. The normalized spacial score (nSPS) is 17.2. The minimum atomic E-state index is -0.401. The van der Waals surface area contributed by atoms with Gasteiger partial charge in [-0.25, -0.2) is 9.37 Å². The van der Waals surface area contributed by atoms with E-state index in [1.54, 1.807) is 28.4 Å². The molecule has 0 saturated carbocycles. The largest absolute Gasteiger partial charge is 0.350 e. The summed E-state index contributed by atoms with van der Waals surface area (Å²) in [6.45, 7) is 5.39. The smallest absolute Gasteiger partial charge is 0.253 e. The molecule has 2 aromatic rings. The maximum Gasteiger partial charge on any atom is 0.253 e. The lowest BCUT2D eigenvalue weighted by molar-refractivity contribution is -0.124. The first-order chi connectivity index (χ1) is 12.9. The third-order valence-corrected chi connectivity index (χ3v) is 5.72. The van der Waals surface area contributed by atoms with E-state index in [0.29, 0.717) is 25.2 Å². The summed E-state index contributed by atoms with van der Waals surface area (Å²) < 4.78 is 13.4. The van der Waals surface area contributed by atoms with E-state index in [1.807, 2.05) is 19.2 Å². The fourth-order valence-corrected chi connectivity index (χ4v) is 4.09. The van der Waals surface area contributed by atoms with E-state index in [9.17, 15) is 14.0 Å². The summed E-state index contributed by atoms with van der Waals surface area (Å²) in [5, 5.41) is 5.82. The zero-order valence-electron chi connectivity index (χ0n) is 15.6. The molecule has 7 heteroatoms. The highest BCUT2D eigenvalue weighted by atomic mass is 32.1. The van der Waals surface area contributed by atoms with Crippen molar-refractivity contribution in [2.24, 2.45) is 5.92 Å². The van der Waals surface area contributed by atoms with Gasteiger partial charge in [-0.15, -0.1) is 11.3 Å². The van der Waals surface area contributed by atoms with E-state index in [1.165, 1.54) is 12.1 Å². The maximum atomic E-state index is 13.4. The summed E-state index contributed by atoms with van der Waals surface area (Å²) in [5.74, 6) is -0.406. The van der Waals surface area contributed by atoms with Crippen LogP contribution in [-0.2, 0) is 11.3 Å². The molecule has 1 aromatic heterocycles. The number of nitrogens with zero attached hydrogens (tertiary/aromatic N) is 2. The quantitative estimate of drug-likeness (QED) is 0.850. The number of benzene rings is 1. The van der Waals surface area contributed by atoms with Crippen LogP contribution in [0.2, 0.25) is 0 Å². The van der Waals surface area contributed by atoms with Gasteiger partial charge in [-0.2, -0.15) is 0 Å². The second kappa shape index (κ2) is 8.61. The molecule has 1 N–H and O–H groups in total. The van der Waals surface area contributed by atoms with Gasteiger partial charge < -0.3 is 10.2 Å². The number of hydrogen-bond acceptors (Lipinski definition) is 4. The Morgan fingerprint density at radius 1 is 1.41 bits per heavy atom. The van der Waals surface area contributed by atoms with Gasteiger partial charge >= 0.3 is 0 Å². The lowest BCUT2D eigenvalue weighted by atomic mass is 9.98. The first-order valence-electron chi connectivity index (χ1n) is 9.21. The minimum Gasteiger partial charge on any atom is -0.350 e. The van der Waals surface area contributed by atoms with Crippen LogP contribution in [0.4, 0.5) is 4.39 Å². The molecule has 0 aliphatic carbocycles. The van der Waals surface area contributed by atoms with E-state index in [0.717, 1.165) is 23.5 Å². The average molecular weight is 389 g/mol. The Bertz CT molecular complexity index is 821. The van der Waals surface area contributed by atoms with Crippen molar-refractivity contribution in [3.63, 3.8) is 0 Å². The molecule has 0 spiro atoms. The molecule has 1 aliphatic heterocycles. The maximum absolute atomic E-state index is 13.4. The summed E-state index contributed by atoms with van der Waals surface area (Å²) in [7, 11) is 0. The molecule has 1 atom stereocenters. The Balaban J connectivity index is 1.63. The van der Waals surface area contributed by atoms with Crippen LogP contribution in [0.15, 0.2) is 29.6 Å². The highest BCUT2D eigenvalue weighted by molar-refractivity contribution is 7.09. The zero-order valence-corrected chi connectivity index (χ0v) is 16.4. The van der Waals surface area contributed by atoms with Gasteiger partial charge in [-0.1, -0.05) is 19.9 Å². The monoisotopic (exact) mass is 389 g/mol. The molecule has 1 saturated heterocycles. The van der Waals surface area contributed by atoms with Crippen LogP contribution in [0.25, 0.3) is 0 Å². The lowest BCUT2D eigenvalue weighted by Crippen LogP contribution is -2.39. The Morgan fingerprint density at radius 3 is 2.96 bits per heavy atom. The van der Waals surface area contributed by atoms with E-state index < -0.39 is 5.82 Å². The SMILES string of the molecule is CC(C)C(=O)NCc1csc([C@H]2CCCN(C(=O)c3cccc(F)c3)C2)n1. The molecule has 1 fully saturated rings. The van der Waals surface area contributed by atoms with Crippen molar-refractivity contribution in [1.29, 1.82) is 0 Å². The van der Waals surface area contributed by atoms with Crippen molar-refractivity contribution in [3.05, 3.63) is 51.7 Å². The number of nitrogens with one attached hydrogen (secondary N) is 1. The van der Waals surface area contributed by atoms with Gasteiger partial charge in [0.2, 0.25) is 5.91 Å². The summed E-state index contributed by atoms with van der Waals surface area (Å²) in [6, 6.07) is 5.83. The van der Waals surface area contributed by atoms with Crippen molar-refractivity contribution in [1.82, 2.24) is 15.2 Å². The van der Waals surface area contributed by atoms with E-state index in [-0.39, 0.29) is 23.7 Å². The highest BCUT2D eigenvalue weighted by Gasteiger charge is 2.27. The summed E-state index contributed by atoms with van der Waals surface area (Å²) in [5.41, 5.74) is 1.23. The first kappa shape index (κ1) is 19.5. The number of hydrogen-bond donors (Lipinski definition) is 1.